The molecule has 0 unspecified atom stereocenters. The molecule has 0 spiro atoms. The number of anilines is 2. The van der Waals surface area contributed by atoms with E-state index in [1.54, 1.807) is 19.4 Å². The second-order valence-corrected chi connectivity index (χ2v) is 6.69. The van der Waals surface area contributed by atoms with Crippen molar-refractivity contribution in [2.24, 2.45) is 0 Å². The van der Waals surface area contributed by atoms with Gasteiger partial charge in [-0.05, 0) is 61.2 Å². The van der Waals surface area contributed by atoms with Crippen molar-refractivity contribution >= 4 is 17.3 Å². The molecule has 0 atom stereocenters. The molecule has 0 saturated carbocycles. The molecule has 2 aromatic carbocycles. The summed E-state index contributed by atoms with van der Waals surface area (Å²) in [7, 11) is 1.65. The number of para-hydroxylation sites is 1. The summed E-state index contributed by atoms with van der Waals surface area (Å²) in [6.07, 6.45) is 2.33. The van der Waals surface area contributed by atoms with E-state index in [0.717, 1.165) is 28.3 Å². The zero-order valence-corrected chi connectivity index (χ0v) is 16.5. The summed E-state index contributed by atoms with van der Waals surface area (Å²) >= 11 is 0. The van der Waals surface area contributed by atoms with E-state index in [0.29, 0.717) is 18.7 Å². The number of benzene rings is 2. The standard InChI is InChI=1S/C23H25N3O2/c1-16-8-9-17(2)20(14-16)26-19-11-13-24-21(15-19)23(27)25-12-10-18-6-4-5-7-22(18)28-3/h4-9,11,13-15H,10,12H2,1-3H3,(H,24,26)(H,25,27). The quantitative estimate of drug-likeness (QED) is 0.641. The molecular formula is C23H25N3O2. The molecule has 0 aliphatic rings. The normalized spacial score (nSPS) is 10.4. The Balaban J connectivity index is 1.63. The van der Waals surface area contributed by atoms with Crippen molar-refractivity contribution in [3.63, 3.8) is 0 Å². The maximum atomic E-state index is 12.5. The summed E-state index contributed by atoms with van der Waals surface area (Å²) in [5, 5.41) is 6.29. The van der Waals surface area contributed by atoms with Crippen LogP contribution in [0.5, 0.6) is 5.75 Å². The number of methoxy groups -OCH3 is 1. The molecule has 28 heavy (non-hydrogen) atoms. The number of nitrogens with one attached hydrogen (secondary N) is 2. The second-order valence-electron chi connectivity index (χ2n) is 6.69. The van der Waals surface area contributed by atoms with Crippen molar-refractivity contribution in [3.8, 4) is 5.75 Å². The minimum absolute atomic E-state index is 0.195. The largest absolute Gasteiger partial charge is 0.496 e. The molecule has 0 saturated heterocycles. The van der Waals surface area contributed by atoms with E-state index < -0.39 is 0 Å². The minimum Gasteiger partial charge on any atom is -0.496 e. The summed E-state index contributed by atoms with van der Waals surface area (Å²) in [5.41, 5.74) is 5.62. The van der Waals surface area contributed by atoms with Crippen LogP contribution in [0.25, 0.3) is 0 Å². The molecule has 0 fully saturated rings. The molecule has 5 heteroatoms. The zero-order chi connectivity index (χ0) is 19.9. The van der Waals surface area contributed by atoms with Crippen molar-refractivity contribution < 1.29 is 9.53 Å². The Bertz CT molecular complexity index is 970. The van der Waals surface area contributed by atoms with Gasteiger partial charge in [-0.1, -0.05) is 30.3 Å². The van der Waals surface area contributed by atoms with Crippen LogP contribution in [-0.4, -0.2) is 24.5 Å². The van der Waals surface area contributed by atoms with Gasteiger partial charge in [0.05, 0.1) is 7.11 Å². The molecule has 0 aliphatic carbocycles. The average Bonchev–Trinajstić information content (AvgIpc) is 2.71. The van der Waals surface area contributed by atoms with E-state index in [9.17, 15) is 4.79 Å². The van der Waals surface area contributed by atoms with E-state index in [-0.39, 0.29) is 5.91 Å². The predicted molar refractivity (Wildman–Crippen MR) is 112 cm³/mol. The average molecular weight is 375 g/mol. The number of carbonyl (C=O) groups is 1. The molecule has 1 aromatic heterocycles. The lowest BCUT2D eigenvalue weighted by atomic mass is 10.1. The summed E-state index contributed by atoms with van der Waals surface area (Å²) < 4.78 is 5.34. The van der Waals surface area contributed by atoms with Crippen molar-refractivity contribution in [2.45, 2.75) is 20.3 Å². The van der Waals surface area contributed by atoms with Gasteiger partial charge in [0.25, 0.3) is 5.91 Å². The zero-order valence-electron chi connectivity index (χ0n) is 16.5. The molecule has 0 radical (unpaired) electrons. The van der Waals surface area contributed by atoms with Gasteiger partial charge >= 0.3 is 0 Å². The molecule has 3 aromatic rings. The molecule has 0 bridgehead atoms. The highest BCUT2D eigenvalue weighted by Gasteiger charge is 2.09. The fourth-order valence-corrected chi connectivity index (χ4v) is 2.97. The van der Waals surface area contributed by atoms with Gasteiger partial charge in [-0.25, -0.2) is 0 Å². The first-order valence-electron chi connectivity index (χ1n) is 9.27. The van der Waals surface area contributed by atoms with Crippen molar-refractivity contribution in [1.82, 2.24) is 10.3 Å². The van der Waals surface area contributed by atoms with Crippen molar-refractivity contribution in [3.05, 3.63) is 83.2 Å². The van der Waals surface area contributed by atoms with Crippen LogP contribution in [0, 0.1) is 13.8 Å². The Morgan fingerprint density at radius 3 is 2.71 bits per heavy atom. The summed E-state index contributed by atoms with van der Waals surface area (Å²) in [5.74, 6) is 0.633. The molecule has 144 valence electrons. The first-order chi connectivity index (χ1) is 13.6. The Hall–Kier alpha value is -3.34. The first kappa shape index (κ1) is 19.4. The van der Waals surface area contributed by atoms with Gasteiger partial charge in [0.1, 0.15) is 11.4 Å². The third-order valence-electron chi connectivity index (χ3n) is 4.54. The lowest BCUT2D eigenvalue weighted by molar-refractivity contribution is 0.0949. The number of aryl methyl sites for hydroxylation is 2. The van der Waals surface area contributed by atoms with E-state index in [1.807, 2.05) is 30.3 Å². The number of hydrogen-bond donors (Lipinski definition) is 2. The van der Waals surface area contributed by atoms with Crippen LogP contribution >= 0.6 is 0 Å². The molecule has 1 amide bonds. The predicted octanol–water partition coefficient (Wildman–Crippen LogP) is 4.42. The van der Waals surface area contributed by atoms with Gasteiger partial charge in [-0.15, -0.1) is 0 Å². The van der Waals surface area contributed by atoms with Crippen LogP contribution in [-0.2, 0) is 6.42 Å². The van der Waals surface area contributed by atoms with Crippen LogP contribution in [0.15, 0.2) is 60.8 Å². The lowest BCUT2D eigenvalue weighted by Crippen LogP contribution is -2.26. The van der Waals surface area contributed by atoms with Gasteiger partial charge < -0.3 is 15.4 Å². The van der Waals surface area contributed by atoms with Crippen LogP contribution in [0.4, 0.5) is 11.4 Å². The fourth-order valence-electron chi connectivity index (χ4n) is 2.97. The molecule has 3 rings (SSSR count). The molecule has 1 heterocycles. The van der Waals surface area contributed by atoms with Gasteiger partial charge in [0.2, 0.25) is 0 Å². The number of ether oxygens (including phenoxy) is 1. The van der Waals surface area contributed by atoms with E-state index >= 15 is 0 Å². The number of pyridine rings is 1. The van der Waals surface area contributed by atoms with Crippen LogP contribution in [0.1, 0.15) is 27.2 Å². The Labute approximate surface area is 165 Å². The summed E-state index contributed by atoms with van der Waals surface area (Å²) in [6.45, 7) is 4.61. The van der Waals surface area contributed by atoms with Crippen LogP contribution in [0.2, 0.25) is 0 Å². The Morgan fingerprint density at radius 2 is 1.89 bits per heavy atom. The van der Waals surface area contributed by atoms with E-state index in [2.05, 4.69) is 47.7 Å². The number of aromatic nitrogens is 1. The van der Waals surface area contributed by atoms with E-state index in [4.69, 9.17) is 4.74 Å². The van der Waals surface area contributed by atoms with Gasteiger partial charge in [-0.2, -0.15) is 0 Å². The number of hydrogen-bond acceptors (Lipinski definition) is 4. The molecule has 0 aliphatic heterocycles. The second kappa shape index (κ2) is 9.04. The lowest BCUT2D eigenvalue weighted by Gasteiger charge is -2.12. The molecular weight excluding hydrogens is 350 g/mol. The number of carbonyl (C=O) groups excluding carboxylic acids is 1. The van der Waals surface area contributed by atoms with Crippen molar-refractivity contribution in [2.75, 3.05) is 19.0 Å². The van der Waals surface area contributed by atoms with Crippen molar-refractivity contribution in [1.29, 1.82) is 0 Å². The number of amides is 1. The smallest absolute Gasteiger partial charge is 0.269 e. The summed E-state index contributed by atoms with van der Waals surface area (Å²) in [4.78, 5) is 16.7. The number of rotatable bonds is 7. The van der Waals surface area contributed by atoms with Gasteiger partial charge in [0.15, 0.2) is 0 Å². The van der Waals surface area contributed by atoms with Crippen LogP contribution in [0.3, 0.4) is 0 Å². The number of nitrogens with zero attached hydrogens (tertiary/aromatic N) is 1. The summed E-state index contributed by atoms with van der Waals surface area (Å²) in [6, 6.07) is 17.7. The fraction of sp³-hybridized carbons (Fsp3) is 0.217. The maximum Gasteiger partial charge on any atom is 0.269 e. The highest BCUT2D eigenvalue weighted by molar-refractivity contribution is 5.93. The van der Waals surface area contributed by atoms with E-state index in [1.165, 1.54) is 5.56 Å². The highest BCUT2D eigenvalue weighted by Crippen LogP contribution is 2.22. The Kier molecular flexibility index (Phi) is 6.27. The molecule has 5 nitrogen and oxygen atoms in total. The third-order valence-corrected chi connectivity index (χ3v) is 4.54. The SMILES string of the molecule is COc1ccccc1CCNC(=O)c1cc(Nc2cc(C)ccc2C)ccn1. The monoisotopic (exact) mass is 375 g/mol. The minimum atomic E-state index is -0.195. The maximum absolute atomic E-state index is 12.5. The first-order valence-corrected chi connectivity index (χ1v) is 9.27. The molecule has 2 N–H and O–H groups in total. The topological polar surface area (TPSA) is 63.2 Å². The van der Waals surface area contributed by atoms with Gasteiger partial charge in [0, 0.05) is 24.1 Å². The van der Waals surface area contributed by atoms with Crippen LogP contribution < -0.4 is 15.4 Å². The van der Waals surface area contributed by atoms with Gasteiger partial charge in [-0.3, -0.25) is 9.78 Å². The highest BCUT2D eigenvalue weighted by atomic mass is 16.5. The third kappa shape index (κ3) is 4.88. The Morgan fingerprint density at radius 1 is 1.07 bits per heavy atom.